The molecule has 9 aromatic carbocycles. The monoisotopic (exact) mass is 745 g/mol. The van der Waals surface area contributed by atoms with E-state index >= 15 is 0 Å². The van der Waals surface area contributed by atoms with Crippen LogP contribution in [0.15, 0.2) is 236 Å². The molecule has 0 bridgehead atoms. The lowest BCUT2D eigenvalue weighted by atomic mass is 9.91. The summed E-state index contributed by atoms with van der Waals surface area (Å²) < 4.78 is 6.33. The summed E-state index contributed by atoms with van der Waals surface area (Å²) in [6, 6.07) is 78.0. The van der Waals surface area contributed by atoms with Crippen LogP contribution in [-0.4, -0.2) is 0 Å². The zero-order valence-corrected chi connectivity index (χ0v) is 31.8. The summed E-state index contributed by atoms with van der Waals surface area (Å²) in [4.78, 5) is 8.14. The molecular formula is C54H35NOS. The fourth-order valence-corrected chi connectivity index (χ4v) is 14.1. The van der Waals surface area contributed by atoms with Crippen LogP contribution in [-0.2, 0) is 0 Å². The van der Waals surface area contributed by atoms with E-state index in [9.17, 15) is 0 Å². The van der Waals surface area contributed by atoms with Crippen LogP contribution in [0.4, 0.5) is 17.1 Å². The molecule has 3 heteroatoms. The van der Waals surface area contributed by atoms with Gasteiger partial charge in [-0.15, -0.1) is 10.0 Å². The van der Waals surface area contributed by atoms with E-state index in [-0.39, 0.29) is 0 Å². The number of nitrogens with zero attached hydrogens (tertiary/aromatic N) is 1. The number of hydrogen-bond acceptors (Lipinski definition) is 2. The molecule has 0 N–H and O–H groups in total. The second-order valence-electron chi connectivity index (χ2n) is 14.8. The van der Waals surface area contributed by atoms with Crippen molar-refractivity contribution < 1.29 is 4.42 Å². The normalized spacial score (nSPS) is 13.6. The van der Waals surface area contributed by atoms with Crippen molar-refractivity contribution in [1.29, 1.82) is 0 Å². The van der Waals surface area contributed by atoms with Crippen molar-refractivity contribution in [3.63, 3.8) is 0 Å². The predicted molar refractivity (Wildman–Crippen MR) is 237 cm³/mol. The summed E-state index contributed by atoms with van der Waals surface area (Å²) in [6.45, 7) is 0. The van der Waals surface area contributed by atoms with Gasteiger partial charge < -0.3 is 9.32 Å². The van der Waals surface area contributed by atoms with Gasteiger partial charge in [-0.25, -0.2) is 0 Å². The molecule has 2 aliphatic rings. The minimum absolute atomic E-state index is 0.891. The Morgan fingerprint density at radius 2 is 0.895 bits per heavy atom. The maximum atomic E-state index is 6.33. The first-order chi connectivity index (χ1) is 28.3. The van der Waals surface area contributed by atoms with Gasteiger partial charge in [0.2, 0.25) is 0 Å². The SMILES string of the molecule is c1ccc(-c2cccc(N(c3ccccc3)c3ccc4c(c3)S3(c5ccccc5-c5ccccc53)c3ccccc3-4)c2-c2ccc3oc4ccccc4c3c2)cc1. The molecule has 0 saturated heterocycles. The van der Waals surface area contributed by atoms with Crippen LogP contribution in [0.25, 0.3) is 66.4 Å². The molecule has 0 saturated carbocycles. The number of anilines is 3. The molecule has 2 nitrogen and oxygen atoms in total. The molecule has 57 heavy (non-hydrogen) atoms. The molecule has 0 atom stereocenters. The molecule has 0 radical (unpaired) electrons. The Kier molecular flexibility index (Phi) is 7.05. The largest absolute Gasteiger partial charge is 0.456 e. The minimum atomic E-state index is -1.77. The highest BCUT2D eigenvalue weighted by Crippen LogP contribution is 2.85. The lowest BCUT2D eigenvalue weighted by Crippen LogP contribution is -2.12. The molecule has 268 valence electrons. The van der Waals surface area contributed by atoms with Gasteiger partial charge in [0.1, 0.15) is 11.2 Å². The van der Waals surface area contributed by atoms with E-state index in [1.165, 1.54) is 58.5 Å². The third kappa shape index (κ3) is 4.61. The molecule has 0 fully saturated rings. The van der Waals surface area contributed by atoms with E-state index in [2.05, 4.69) is 211 Å². The Hall–Kier alpha value is -7.07. The smallest absolute Gasteiger partial charge is 0.135 e. The fourth-order valence-electron chi connectivity index (χ4n) is 9.48. The second kappa shape index (κ2) is 12.5. The Bertz CT molecular complexity index is 3140. The predicted octanol–water partition coefficient (Wildman–Crippen LogP) is 15.7. The molecule has 0 unspecified atom stereocenters. The van der Waals surface area contributed by atoms with Gasteiger partial charge in [0, 0.05) is 47.3 Å². The Morgan fingerprint density at radius 1 is 0.333 bits per heavy atom. The zero-order chi connectivity index (χ0) is 37.5. The van der Waals surface area contributed by atoms with Crippen LogP contribution < -0.4 is 4.90 Å². The van der Waals surface area contributed by atoms with Gasteiger partial charge in [-0.05, 0) is 106 Å². The van der Waals surface area contributed by atoms with Gasteiger partial charge >= 0.3 is 0 Å². The number of rotatable bonds is 5. The number of furan rings is 1. The van der Waals surface area contributed by atoms with Gasteiger partial charge in [-0.3, -0.25) is 0 Å². The number of para-hydroxylation sites is 2. The van der Waals surface area contributed by atoms with Crippen LogP contribution in [0, 0.1) is 0 Å². The van der Waals surface area contributed by atoms with Crippen molar-refractivity contribution in [2.24, 2.45) is 0 Å². The van der Waals surface area contributed by atoms with Crippen molar-refractivity contribution in [1.82, 2.24) is 0 Å². The van der Waals surface area contributed by atoms with Crippen molar-refractivity contribution in [3.05, 3.63) is 212 Å². The van der Waals surface area contributed by atoms with Crippen molar-refractivity contribution in [3.8, 4) is 44.5 Å². The van der Waals surface area contributed by atoms with E-state index in [1.54, 1.807) is 0 Å². The van der Waals surface area contributed by atoms with Crippen molar-refractivity contribution in [2.45, 2.75) is 19.6 Å². The maximum absolute atomic E-state index is 6.33. The van der Waals surface area contributed by atoms with Gasteiger partial charge in [0.25, 0.3) is 0 Å². The quantitative estimate of drug-likeness (QED) is 0.174. The average molecular weight is 746 g/mol. The summed E-state index contributed by atoms with van der Waals surface area (Å²) in [7, 11) is -1.77. The Morgan fingerprint density at radius 3 is 1.60 bits per heavy atom. The first kappa shape index (κ1) is 32.2. The highest BCUT2D eigenvalue weighted by molar-refractivity contribution is 8.34. The number of benzene rings is 9. The van der Waals surface area contributed by atoms with Gasteiger partial charge in [0.05, 0.1) is 5.69 Å². The molecule has 0 amide bonds. The molecule has 1 aromatic heterocycles. The highest BCUT2D eigenvalue weighted by Gasteiger charge is 2.48. The zero-order valence-electron chi connectivity index (χ0n) is 31.0. The molecular weight excluding hydrogens is 711 g/mol. The van der Waals surface area contributed by atoms with E-state index in [0.29, 0.717) is 0 Å². The number of hydrogen-bond donors (Lipinski definition) is 0. The summed E-state index contributed by atoms with van der Waals surface area (Å²) >= 11 is 0. The van der Waals surface area contributed by atoms with Gasteiger partial charge in [-0.1, -0.05) is 146 Å². The minimum Gasteiger partial charge on any atom is -0.456 e. The fraction of sp³-hybridized carbons (Fsp3) is 0. The Balaban J connectivity index is 1.15. The third-order valence-electron chi connectivity index (χ3n) is 11.8. The van der Waals surface area contributed by atoms with Crippen LogP contribution in [0.1, 0.15) is 0 Å². The van der Waals surface area contributed by atoms with E-state index in [0.717, 1.165) is 44.6 Å². The van der Waals surface area contributed by atoms with E-state index < -0.39 is 10.0 Å². The first-order valence-electron chi connectivity index (χ1n) is 19.5. The summed E-state index contributed by atoms with van der Waals surface area (Å²) in [5.74, 6) is 0. The van der Waals surface area contributed by atoms with E-state index in [1.807, 2.05) is 6.07 Å². The van der Waals surface area contributed by atoms with Crippen LogP contribution in [0.5, 0.6) is 0 Å². The second-order valence-corrected chi connectivity index (χ2v) is 17.8. The number of fused-ring (bicyclic) bond motifs is 13. The summed E-state index contributed by atoms with van der Waals surface area (Å²) in [5, 5.41) is 2.24. The molecule has 2 aliphatic heterocycles. The standard InChI is InChI=1S/C54H35NOS/c1-3-16-36(17-4-1)40-24-15-25-47(54(40)37-30-33-49-46(34-37)41-20-7-11-26-48(41)56-49)55(38-18-5-2-6-19-38)39-31-32-45-44-23-10-14-29-52(44)57(53(45)35-39)50-27-12-8-21-42(50)43-22-9-13-28-51(43)57/h1-35H. The lowest BCUT2D eigenvalue weighted by Gasteiger charge is -2.37. The van der Waals surface area contributed by atoms with Gasteiger partial charge in [-0.2, -0.15) is 0 Å². The summed E-state index contributed by atoms with van der Waals surface area (Å²) in [5.41, 5.74) is 15.1. The Labute approximate surface area is 333 Å². The maximum Gasteiger partial charge on any atom is 0.135 e. The lowest BCUT2D eigenvalue weighted by molar-refractivity contribution is 0.669. The molecule has 12 rings (SSSR count). The molecule has 0 aliphatic carbocycles. The van der Waals surface area contributed by atoms with Crippen LogP contribution in [0.2, 0.25) is 0 Å². The topological polar surface area (TPSA) is 16.4 Å². The van der Waals surface area contributed by atoms with Crippen molar-refractivity contribution in [2.75, 3.05) is 4.90 Å². The van der Waals surface area contributed by atoms with Crippen LogP contribution in [0.3, 0.4) is 0 Å². The highest BCUT2D eigenvalue weighted by atomic mass is 32.3. The van der Waals surface area contributed by atoms with Crippen molar-refractivity contribution >= 4 is 49.0 Å². The van der Waals surface area contributed by atoms with E-state index in [4.69, 9.17) is 4.42 Å². The molecule has 3 heterocycles. The summed E-state index contributed by atoms with van der Waals surface area (Å²) in [6.07, 6.45) is 0. The third-order valence-corrected chi connectivity index (χ3v) is 15.9. The average Bonchev–Trinajstić information content (AvgIpc) is 3.91. The molecule has 1 spiro atoms. The molecule has 10 aromatic rings. The first-order valence-corrected chi connectivity index (χ1v) is 21.1. The van der Waals surface area contributed by atoms with Crippen LogP contribution >= 0.6 is 10.0 Å². The van der Waals surface area contributed by atoms with Gasteiger partial charge in [0.15, 0.2) is 0 Å².